The fourth-order valence-electron chi connectivity index (χ4n) is 6.06. The van der Waals surface area contributed by atoms with Gasteiger partial charge in [0.2, 0.25) is 0 Å². The zero-order valence-corrected chi connectivity index (χ0v) is 26.1. The Morgan fingerprint density at radius 3 is 2.53 bits per heavy atom. The molecule has 0 bridgehead atoms. The number of hydrogen-bond acceptors (Lipinski definition) is 6. The number of fused-ring (bicyclic) bond motifs is 1. The molecule has 1 aliphatic heterocycles. The highest BCUT2D eigenvalue weighted by Crippen LogP contribution is 2.30. The van der Waals surface area contributed by atoms with Crippen molar-refractivity contribution in [3.63, 3.8) is 0 Å². The second kappa shape index (κ2) is 15.3. The van der Waals surface area contributed by atoms with Crippen molar-refractivity contribution in [2.45, 2.75) is 45.4 Å². The second-order valence-electron chi connectivity index (χ2n) is 11.4. The van der Waals surface area contributed by atoms with Gasteiger partial charge < -0.3 is 25.4 Å². The number of nitrogens with zero attached hydrogens (tertiary/aromatic N) is 4. The number of imidazole rings is 1. The number of hydrogen-bond donors (Lipinski definition) is 3. The van der Waals surface area contributed by atoms with Crippen molar-refractivity contribution in [3.05, 3.63) is 90.3 Å². The SMILES string of the molecule is C#C.C=C/C(=C\C(=C/C)c1ccc(NC)c(Cc2nc3c(N4CCN(C)CC4)cncc3[nH]2)c1)NC(=C)C1CCCCC1. The van der Waals surface area contributed by atoms with Crippen molar-refractivity contribution < 1.29 is 0 Å². The number of H-pyrrole nitrogens is 1. The molecule has 7 heteroatoms. The summed E-state index contributed by atoms with van der Waals surface area (Å²) in [5.41, 5.74) is 9.75. The molecule has 3 heterocycles. The summed E-state index contributed by atoms with van der Waals surface area (Å²) >= 11 is 0. The van der Waals surface area contributed by atoms with Crippen molar-refractivity contribution >= 4 is 28.0 Å². The van der Waals surface area contributed by atoms with Crippen molar-refractivity contribution in [2.24, 2.45) is 5.92 Å². The standard InChI is InChI=1S/C34H45N7.C2H2/c1-6-25(20-29(7-2)37-24(3)26-11-9-8-10-12-26)27-13-14-30(35-4)28(19-27)21-33-38-31-22-36-23-32(34(31)39-33)41-17-15-40(5)16-18-41;1-2/h6-7,13-14,19-20,22-23,26,35,37H,2-3,8-12,15-18,21H2,1,4-5H3,(H,38,39);1-2H/b25-6+,29-20+;. The molecule has 5 rings (SSSR count). The highest BCUT2D eigenvalue weighted by Gasteiger charge is 2.20. The summed E-state index contributed by atoms with van der Waals surface area (Å²) in [6.07, 6.45) is 25.1. The van der Waals surface area contributed by atoms with E-state index in [-0.39, 0.29) is 0 Å². The molecule has 0 atom stereocenters. The minimum Gasteiger partial charge on any atom is -0.388 e. The first-order valence-electron chi connectivity index (χ1n) is 15.4. The Morgan fingerprint density at radius 2 is 1.86 bits per heavy atom. The summed E-state index contributed by atoms with van der Waals surface area (Å²) in [6.45, 7) is 14.6. The van der Waals surface area contributed by atoms with Gasteiger partial charge in [-0.15, -0.1) is 12.8 Å². The van der Waals surface area contributed by atoms with Gasteiger partial charge in [-0.1, -0.05) is 44.6 Å². The number of rotatable bonds is 10. The van der Waals surface area contributed by atoms with E-state index >= 15 is 0 Å². The van der Waals surface area contributed by atoms with Crippen LogP contribution in [0.1, 0.15) is 56.0 Å². The molecule has 0 amide bonds. The Bertz CT molecular complexity index is 1480. The smallest absolute Gasteiger partial charge is 0.115 e. The van der Waals surface area contributed by atoms with Crippen LogP contribution in [0.15, 0.2) is 73.4 Å². The van der Waals surface area contributed by atoms with E-state index < -0.39 is 0 Å². The lowest BCUT2D eigenvalue weighted by atomic mass is 9.87. The number of aromatic nitrogens is 3. The number of benzene rings is 1. The van der Waals surface area contributed by atoms with Crippen LogP contribution in [0, 0.1) is 18.8 Å². The maximum absolute atomic E-state index is 5.07. The summed E-state index contributed by atoms with van der Waals surface area (Å²) in [5.74, 6) is 1.48. The molecule has 43 heavy (non-hydrogen) atoms. The van der Waals surface area contributed by atoms with Gasteiger partial charge in [0.1, 0.15) is 11.3 Å². The Labute approximate surface area is 257 Å². The van der Waals surface area contributed by atoms with Crippen LogP contribution in [-0.4, -0.2) is 60.1 Å². The van der Waals surface area contributed by atoms with Crippen LogP contribution in [-0.2, 0) is 6.42 Å². The average Bonchev–Trinajstić information content (AvgIpc) is 3.47. The number of pyridine rings is 1. The molecule has 0 radical (unpaired) electrons. The first-order chi connectivity index (χ1) is 21.0. The van der Waals surface area contributed by atoms with E-state index in [0.717, 1.165) is 76.9 Å². The van der Waals surface area contributed by atoms with Gasteiger partial charge in [-0.05, 0) is 73.7 Å². The molecule has 3 N–H and O–H groups in total. The molecule has 226 valence electrons. The van der Waals surface area contributed by atoms with E-state index in [1.54, 1.807) is 0 Å². The average molecular weight is 578 g/mol. The third-order valence-corrected chi connectivity index (χ3v) is 8.58. The lowest BCUT2D eigenvalue weighted by Crippen LogP contribution is -2.44. The van der Waals surface area contributed by atoms with Crippen LogP contribution >= 0.6 is 0 Å². The highest BCUT2D eigenvalue weighted by atomic mass is 15.3. The molecule has 3 aromatic rings. The monoisotopic (exact) mass is 577 g/mol. The molecule has 1 saturated heterocycles. The van der Waals surface area contributed by atoms with Crippen molar-refractivity contribution in [1.82, 2.24) is 25.2 Å². The van der Waals surface area contributed by atoms with Crippen LogP contribution in [0.5, 0.6) is 0 Å². The second-order valence-corrected chi connectivity index (χ2v) is 11.4. The van der Waals surface area contributed by atoms with E-state index in [1.165, 1.54) is 37.7 Å². The van der Waals surface area contributed by atoms with Crippen LogP contribution in [0.25, 0.3) is 16.6 Å². The van der Waals surface area contributed by atoms with E-state index in [2.05, 4.69) is 101 Å². The number of nitrogens with one attached hydrogen (secondary N) is 3. The topological polar surface area (TPSA) is 72.1 Å². The van der Waals surface area contributed by atoms with Crippen molar-refractivity contribution in [3.8, 4) is 12.8 Å². The van der Waals surface area contributed by atoms with Gasteiger partial charge in [0.25, 0.3) is 0 Å². The Morgan fingerprint density at radius 1 is 1.12 bits per heavy atom. The van der Waals surface area contributed by atoms with Gasteiger partial charge >= 0.3 is 0 Å². The number of piperazine rings is 1. The Balaban J connectivity index is 0.00000207. The highest BCUT2D eigenvalue weighted by molar-refractivity contribution is 5.88. The first kappa shape index (κ1) is 31.7. The van der Waals surface area contributed by atoms with E-state index in [9.17, 15) is 0 Å². The molecule has 2 aliphatic rings. The zero-order chi connectivity index (χ0) is 30.8. The van der Waals surface area contributed by atoms with Gasteiger partial charge in [0.15, 0.2) is 0 Å². The van der Waals surface area contributed by atoms with Gasteiger partial charge in [0.05, 0.1) is 23.6 Å². The fourth-order valence-corrected chi connectivity index (χ4v) is 6.06. The third kappa shape index (κ3) is 7.77. The normalized spacial score (nSPS) is 16.8. The van der Waals surface area contributed by atoms with Crippen molar-refractivity contribution in [2.75, 3.05) is 50.5 Å². The first-order valence-corrected chi connectivity index (χ1v) is 15.4. The lowest BCUT2D eigenvalue weighted by molar-refractivity contribution is 0.313. The van der Waals surface area contributed by atoms with Crippen molar-refractivity contribution in [1.29, 1.82) is 0 Å². The lowest BCUT2D eigenvalue weighted by Gasteiger charge is -2.33. The molecular formula is C36H47N7. The molecule has 0 spiro atoms. The summed E-state index contributed by atoms with van der Waals surface area (Å²) in [4.78, 5) is 17.9. The summed E-state index contributed by atoms with van der Waals surface area (Å²) in [5, 5.41) is 6.94. The summed E-state index contributed by atoms with van der Waals surface area (Å²) in [7, 11) is 4.15. The summed E-state index contributed by atoms with van der Waals surface area (Å²) < 4.78 is 0. The molecule has 2 fully saturated rings. The number of anilines is 2. The fraction of sp³-hybridized carbons (Fsp3) is 0.389. The van der Waals surface area contributed by atoms with Gasteiger partial charge in [-0.2, -0.15) is 0 Å². The van der Waals surface area contributed by atoms with Crippen LogP contribution in [0.3, 0.4) is 0 Å². The molecule has 1 aromatic carbocycles. The van der Waals surface area contributed by atoms with E-state index in [1.807, 2.05) is 25.5 Å². The molecule has 2 aromatic heterocycles. The molecule has 1 aliphatic carbocycles. The van der Waals surface area contributed by atoms with Gasteiger partial charge in [0, 0.05) is 56.7 Å². The molecule has 7 nitrogen and oxygen atoms in total. The number of allylic oxidation sites excluding steroid dienone is 5. The Kier molecular flexibility index (Phi) is 11.2. The molecular weight excluding hydrogens is 530 g/mol. The van der Waals surface area contributed by atoms with Gasteiger partial charge in [-0.3, -0.25) is 4.98 Å². The van der Waals surface area contributed by atoms with E-state index in [0.29, 0.717) is 12.3 Å². The van der Waals surface area contributed by atoms with Crippen LogP contribution in [0.2, 0.25) is 0 Å². The van der Waals surface area contributed by atoms with Crippen LogP contribution in [0.4, 0.5) is 11.4 Å². The number of terminal acetylenes is 1. The summed E-state index contributed by atoms with van der Waals surface area (Å²) in [6, 6.07) is 6.59. The molecule has 0 unspecified atom stereocenters. The predicted molar refractivity (Wildman–Crippen MR) is 183 cm³/mol. The minimum absolute atomic E-state index is 0.540. The molecule has 1 saturated carbocycles. The largest absolute Gasteiger partial charge is 0.388 e. The maximum atomic E-state index is 5.07. The predicted octanol–water partition coefficient (Wildman–Crippen LogP) is 6.75. The Hall–Kier alpha value is -4.28. The zero-order valence-electron chi connectivity index (χ0n) is 26.1. The van der Waals surface area contributed by atoms with E-state index in [4.69, 9.17) is 4.98 Å². The third-order valence-electron chi connectivity index (χ3n) is 8.58. The van der Waals surface area contributed by atoms with Gasteiger partial charge in [-0.25, -0.2) is 4.98 Å². The maximum Gasteiger partial charge on any atom is 0.115 e. The number of likely N-dealkylation sites (N-methyl/N-ethyl adjacent to an activating group) is 1. The number of aromatic amines is 1. The van der Waals surface area contributed by atoms with Crippen LogP contribution < -0.4 is 15.5 Å². The quantitative estimate of drug-likeness (QED) is 0.183. The minimum atomic E-state index is 0.540.